The zero-order valence-corrected chi connectivity index (χ0v) is 10.1. The van der Waals surface area contributed by atoms with Gasteiger partial charge in [0.05, 0.1) is 5.92 Å². The van der Waals surface area contributed by atoms with E-state index >= 15 is 0 Å². The summed E-state index contributed by atoms with van der Waals surface area (Å²) in [4.78, 5) is 18.2. The predicted octanol–water partition coefficient (Wildman–Crippen LogP) is 2.28. The van der Waals surface area contributed by atoms with Gasteiger partial charge in [-0.3, -0.25) is 4.79 Å². The molecule has 2 rings (SSSR count). The van der Waals surface area contributed by atoms with E-state index < -0.39 is 11.9 Å². The highest BCUT2D eigenvalue weighted by molar-refractivity contribution is 7.71. The first-order chi connectivity index (χ1) is 7.39. The number of aliphatic carboxylic acids is 1. The van der Waals surface area contributed by atoms with E-state index in [1.165, 1.54) is 0 Å². The number of carboxylic acid groups (broad SMARTS) is 1. The van der Waals surface area contributed by atoms with Gasteiger partial charge in [-0.25, -0.2) is 4.98 Å². The third-order valence-corrected chi connectivity index (χ3v) is 3.22. The summed E-state index contributed by atoms with van der Waals surface area (Å²) < 4.78 is 0.417. The molecule has 0 amide bonds. The number of hydrogen-bond donors (Lipinski definition) is 2. The van der Waals surface area contributed by atoms with E-state index in [1.54, 1.807) is 6.20 Å². The quantitative estimate of drug-likeness (QED) is 0.737. The number of aromatic nitrogens is 2. The van der Waals surface area contributed by atoms with Gasteiger partial charge in [-0.2, -0.15) is 0 Å². The molecule has 0 spiro atoms. The number of nitrogens with zero attached hydrogens (tertiary/aromatic N) is 1. The van der Waals surface area contributed by atoms with E-state index in [1.807, 2.05) is 0 Å². The van der Waals surface area contributed by atoms with Crippen molar-refractivity contribution in [3.63, 3.8) is 0 Å². The summed E-state index contributed by atoms with van der Waals surface area (Å²) in [6.07, 6.45) is 3.06. The number of rotatable bonds is 1. The average molecular weight is 238 g/mol. The Bertz CT molecular complexity index is 493. The molecule has 1 aromatic rings. The van der Waals surface area contributed by atoms with Gasteiger partial charge in [-0.1, -0.05) is 13.8 Å². The molecule has 1 aliphatic carbocycles. The molecule has 16 heavy (non-hydrogen) atoms. The Hall–Kier alpha value is -1.23. The van der Waals surface area contributed by atoms with Gasteiger partial charge < -0.3 is 10.1 Å². The minimum absolute atomic E-state index is 0.0182. The van der Waals surface area contributed by atoms with Crippen LogP contribution < -0.4 is 0 Å². The Morgan fingerprint density at radius 2 is 2.38 bits per heavy atom. The van der Waals surface area contributed by atoms with Crippen molar-refractivity contribution in [2.75, 3.05) is 0 Å². The molecule has 1 heterocycles. The number of nitrogens with one attached hydrogen (secondary N) is 1. The highest BCUT2D eigenvalue weighted by Crippen LogP contribution is 2.40. The second-order valence-electron chi connectivity index (χ2n) is 5.06. The van der Waals surface area contributed by atoms with Crippen LogP contribution in [0.5, 0.6) is 0 Å². The average Bonchev–Trinajstić information content (AvgIpc) is 2.14. The largest absolute Gasteiger partial charge is 0.481 e. The van der Waals surface area contributed by atoms with Gasteiger partial charge in [0.15, 0.2) is 4.77 Å². The topological polar surface area (TPSA) is 66.0 Å². The second kappa shape index (κ2) is 3.66. The van der Waals surface area contributed by atoms with Crippen LogP contribution in [0.1, 0.15) is 37.4 Å². The third-order valence-electron chi connectivity index (χ3n) is 3.01. The molecule has 1 aliphatic rings. The fourth-order valence-electron chi connectivity index (χ4n) is 2.32. The smallest absolute Gasteiger partial charge is 0.311 e. The van der Waals surface area contributed by atoms with Crippen molar-refractivity contribution < 1.29 is 9.90 Å². The fraction of sp³-hybridized carbons (Fsp3) is 0.545. The Labute approximate surface area is 98.7 Å². The Kier molecular flexibility index (Phi) is 2.58. The van der Waals surface area contributed by atoms with Crippen LogP contribution in [0.15, 0.2) is 6.20 Å². The van der Waals surface area contributed by atoms with Crippen LogP contribution in [0.25, 0.3) is 0 Å². The van der Waals surface area contributed by atoms with Gasteiger partial charge in [-0.05, 0) is 30.5 Å². The molecule has 4 nitrogen and oxygen atoms in total. The monoisotopic (exact) mass is 238 g/mol. The maximum atomic E-state index is 11.2. The summed E-state index contributed by atoms with van der Waals surface area (Å²) in [6, 6.07) is 0. The van der Waals surface area contributed by atoms with Crippen LogP contribution in [0.3, 0.4) is 0 Å². The lowest BCUT2D eigenvalue weighted by atomic mass is 9.71. The lowest BCUT2D eigenvalue weighted by molar-refractivity contribution is -0.139. The number of carbonyl (C=O) groups is 1. The summed E-state index contributed by atoms with van der Waals surface area (Å²) in [6.45, 7) is 4.15. The van der Waals surface area contributed by atoms with E-state index in [2.05, 4.69) is 23.8 Å². The van der Waals surface area contributed by atoms with Crippen molar-refractivity contribution in [3.05, 3.63) is 22.2 Å². The Morgan fingerprint density at radius 1 is 1.69 bits per heavy atom. The van der Waals surface area contributed by atoms with Gasteiger partial charge in [-0.15, -0.1) is 0 Å². The lowest BCUT2D eigenvalue weighted by Crippen LogP contribution is -2.30. The van der Waals surface area contributed by atoms with Crippen LogP contribution in [0, 0.1) is 10.2 Å². The molecule has 0 fully saturated rings. The predicted molar refractivity (Wildman–Crippen MR) is 61.9 cm³/mol. The molecule has 1 atom stereocenters. The molecule has 0 bridgehead atoms. The molecule has 0 aromatic carbocycles. The first-order valence-electron chi connectivity index (χ1n) is 5.20. The van der Waals surface area contributed by atoms with Gasteiger partial charge in [0.25, 0.3) is 0 Å². The van der Waals surface area contributed by atoms with Crippen LogP contribution in [-0.2, 0) is 11.2 Å². The SMILES string of the molecule is CC1(C)Cc2[nH]c(=S)ncc2C(C(=O)O)C1. The van der Waals surface area contributed by atoms with E-state index in [0.717, 1.165) is 17.7 Å². The molecule has 1 unspecified atom stereocenters. The van der Waals surface area contributed by atoms with Crippen molar-refractivity contribution in [1.29, 1.82) is 0 Å². The van der Waals surface area contributed by atoms with Crippen molar-refractivity contribution in [2.45, 2.75) is 32.6 Å². The summed E-state index contributed by atoms with van der Waals surface area (Å²) in [7, 11) is 0. The minimum Gasteiger partial charge on any atom is -0.481 e. The molecule has 0 aliphatic heterocycles. The highest BCUT2D eigenvalue weighted by atomic mass is 32.1. The van der Waals surface area contributed by atoms with E-state index in [0.29, 0.717) is 11.2 Å². The molecule has 0 radical (unpaired) electrons. The lowest BCUT2D eigenvalue weighted by Gasteiger charge is -2.34. The second-order valence-corrected chi connectivity index (χ2v) is 5.44. The van der Waals surface area contributed by atoms with E-state index in [9.17, 15) is 9.90 Å². The molecule has 5 heteroatoms. The number of hydrogen-bond acceptors (Lipinski definition) is 3. The summed E-state index contributed by atoms with van der Waals surface area (Å²) in [5.74, 6) is -1.26. The molecule has 0 saturated heterocycles. The summed E-state index contributed by atoms with van der Waals surface area (Å²) in [5.41, 5.74) is 1.68. The normalized spacial score (nSPS) is 22.5. The maximum Gasteiger partial charge on any atom is 0.311 e. The maximum absolute atomic E-state index is 11.2. The molecular weight excluding hydrogens is 224 g/mol. The van der Waals surface area contributed by atoms with Crippen molar-refractivity contribution in [3.8, 4) is 0 Å². The number of aromatic amines is 1. The van der Waals surface area contributed by atoms with Gasteiger partial charge in [0, 0.05) is 17.5 Å². The Balaban J connectivity index is 2.55. The number of H-pyrrole nitrogens is 1. The van der Waals surface area contributed by atoms with Gasteiger partial charge in [0.1, 0.15) is 0 Å². The van der Waals surface area contributed by atoms with Crippen LogP contribution in [0.4, 0.5) is 0 Å². The first-order valence-corrected chi connectivity index (χ1v) is 5.61. The molecule has 0 saturated carbocycles. The van der Waals surface area contributed by atoms with Crippen molar-refractivity contribution >= 4 is 18.2 Å². The van der Waals surface area contributed by atoms with E-state index in [-0.39, 0.29) is 5.41 Å². The first kappa shape index (κ1) is 11.3. The third kappa shape index (κ3) is 2.00. The molecular formula is C11H14N2O2S. The van der Waals surface area contributed by atoms with Gasteiger partial charge in [0.2, 0.25) is 0 Å². The van der Waals surface area contributed by atoms with Crippen molar-refractivity contribution in [2.24, 2.45) is 5.41 Å². The minimum atomic E-state index is -0.790. The fourth-order valence-corrected chi connectivity index (χ4v) is 2.50. The number of carboxylic acids is 1. The molecule has 1 aromatic heterocycles. The standard InChI is InChI=1S/C11H14N2O2S/c1-11(2)3-6(9(14)15)7-5-12-10(16)13-8(7)4-11/h5-6H,3-4H2,1-2H3,(H,14,15)(H,12,13,16). The van der Waals surface area contributed by atoms with Gasteiger partial charge >= 0.3 is 5.97 Å². The molecule has 2 N–H and O–H groups in total. The zero-order chi connectivity index (χ0) is 11.9. The Morgan fingerprint density at radius 3 is 3.00 bits per heavy atom. The summed E-state index contributed by atoms with van der Waals surface area (Å²) >= 11 is 4.96. The molecule has 86 valence electrons. The highest BCUT2D eigenvalue weighted by Gasteiger charge is 2.36. The van der Waals surface area contributed by atoms with E-state index in [4.69, 9.17) is 12.2 Å². The zero-order valence-electron chi connectivity index (χ0n) is 9.28. The number of fused-ring (bicyclic) bond motifs is 1. The van der Waals surface area contributed by atoms with Crippen LogP contribution >= 0.6 is 12.2 Å². The summed E-state index contributed by atoms with van der Waals surface area (Å²) in [5, 5.41) is 9.22. The van der Waals surface area contributed by atoms with Crippen LogP contribution in [-0.4, -0.2) is 21.0 Å². The van der Waals surface area contributed by atoms with Crippen molar-refractivity contribution in [1.82, 2.24) is 9.97 Å². The van der Waals surface area contributed by atoms with Crippen LogP contribution in [0.2, 0.25) is 0 Å².